The molecule has 11 rings (SSSR count). The number of para-hydroxylation sites is 2. The highest BCUT2D eigenvalue weighted by Crippen LogP contribution is 2.43. The average Bonchev–Trinajstić information content (AvgIpc) is 3.78. The van der Waals surface area contributed by atoms with Crippen molar-refractivity contribution in [1.82, 2.24) is 29.1 Å². The van der Waals surface area contributed by atoms with Crippen LogP contribution in [-0.2, 0) is 6.42 Å². The normalized spacial score (nSPS) is 13.9. The summed E-state index contributed by atoms with van der Waals surface area (Å²) in [7, 11) is 0. The van der Waals surface area contributed by atoms with Crippen LogP contribution in [0.1, 0.15) is 23.7 Å². The third-order valence-electron chi connectivity index (χ3n) is 11.3. The molecule has 0 spiro atoms. The number of allylic oxidation sites excluding steroid dienone is 1. The molecular weight excluding hydrogens is 697 g/mol. The SMILES string of the molecule is CC1Cc2c(c3ccccc3n2-c2ccccc2)C=C1c1ccc2c(c1)c1cc(-c3ccccn3)ccc1n2-c1nc(-c2ccccc2)nc(-c2ccccc2)n1. The Balaban J connectivity index is 1.14. The first-order valence-corrected chi connectivity index (χ1v) is 19.4. The van der Waals surface area contributed by atoms with Gasteiger partial charge in [-0.25, -0.2) is 4.98 Å². The van der Waals surface area contributed by atoms with Crippen LogP contribution in [0.5, 0.6) is 0 Å². The van der Waals surface area contributed by atoms with Crippen molar-refractivity contribution in [2.24, 2.45) is 5.92 Å². The van der Waals surface area contributed by atoms with Gasteiger partial charge in [-0.2, -0.15) is 9.97 Å². The van der Waals surface area contributed by atoms with Crippen LogP contribution in [0, 0.1) is 5.92 Å². The summed E-state index contributed by atoms with van der Waals surface area (Å²) in [6.07, 6.45) is 5.22. The number of benzene rings is 6. The standard InChI is InChI=1S/C51H36N6/c1-33-29-48-43(39-21-11-12-23-45(39)56(48)38-19-9-4-10-20-38)32-40(33)36-24-26-46-41(30-36)42-31-37(44-22-13-14-28-52-44)25-27-47(42)57(46)51-54-49(34-15-5-2-6-16-34)53-50(55-51)35-17-7-3-8-18-35/h2-28,30-33H,29H2,1H3. The lowest BCUT2D eigenvalue weighted by Gasteiger charge is -2.24. The van der Waals surface area contributed by atoms with Crippen LogP contribution >= 0.6 is 0 Å². The van der Waals surface area contributed by atoms with Gasteiger partial charge < -0.3 is 4.57 Å². The average molecular weight is 733 g/mol. The summed E-state index contributed by atoms with van der Waals surface area (Å²) in [5.41, 5.74) is 13.5. The maximum atomic E-state index is 5.17. The number of pyridine rings is 1. The number of fused-ring (bicyclic) bond motifs is 6. The highest BCUT2D eigenvalue weighted by atomic mass is 15.2. The Morgan fingerprint density at radius 2 is 1.07 bits per heavy atom. The minimum Gasteiger partial charge on any atom is -0.313 e. The topological polar surface area (TPSA) is 61.4 Å². The van der Waals surface area contributed by atoms with Gasteiger partial charge in [-0.3, -0.25) is 9.55 Å². The summed E-state index contributed by atoms with van der Waals surface area (Å²) < 4.78 is 4.65. The first-order chi connectivity index (χ1) is 28.2. The van der Waals surface area contributed by atoms with Gasteiger partial charge in [0.2, 0.25) is 5.95 Å². The second kappa shape index (κ2) is 13.4. The molecule has 57 heavy (non-hydrogen) atoms. The van der Waals surface area contributed by atoms with E-state index in [9.17, 15) is 0 Å². The van der Waals surface area contributed by atoms with Crippen molar-refractivity contribution in [1.29, 1.82) is 0 Å². The van der Waals surface area contributed by atoms with Crippen molar-refractivity contribution >= 4 is 44.4 Å². The van der Waals surface area contributed by atoms with Crippen LogP contribution in [0.25, 0.3) is 90.0 Å². The molecule has 1 aliphatic carbocycles. The summed E-state index contributed by atoms with van der Waals surface area (Å²) in [5.74, 6) is 2.12. The van der Waals surface area contributed by atoms with Crippen LogP contribution in [0.2, 0.25) is 0 Å². The van der Waals surface area contributed by atoms with Crippen LogP contribution in [0.4, 0.5) is 0 Å². The van der Waals surface area contributed by atoms with E-state index >= 15 is 0 Å². The van der Waals surface area contributed by atoms with Crippen molar-refractivity contribution in [2.75, 3.05) is 0 Å². The van der Waals surface area contributed by atoms with E-state index in [0.29, 0.717) is 23.5 Å². The zero-order valence-corrected chi connectivity index (χ0v) is 31.3. The molecule has 1 atom stereocenters. The molecule has 0 fully saturated rings. The minimum absolute atomic E-state index is 0.296. The Labute approximate surface area is 330 Å². The third-order valence-corrected chi connectivity index (χ3v) is 11.3. The Hall–Kier alpha value is -7.44. The zero-order valence-electron chi connectivity index (χ0n) is 31.3. The fourth-order valence-electron chi connectivity index (χ4n) is 8.63. The molecule has 270 valence electrons. The van der Waals surface area contributed by atoms with Crippen molar-refractivity contribution < 1.29 is 0 Å². The number of rotatable bonds is 6. The molecule has 6 nitrogen and oxygen atoms in total. The molecule has 0 saturated heterocycles. The summed E-state index contributed by atoms with van der Waals surface area (Å²) in [4.78, 5) is 20.0. The Bertz CT molecular complexity index is 3090. The molecule has 0 bridgehead atoms. The van der Waals surface area contributed by atoms with Gasteiger partial charge >= 0.3 is 0 Å². The smallest absolute Gasteiger partial charge is 0.238 e. The molecule has 10 aromatic rings. The second-order valence-electron chi connectivity index (χ2n) is 14.8. The lowest BCUT2D eigenvalue weighted by atomic mass is 9.83. The second-order valence-corrected chi connectivity index (χ2v) is 14.8. The van der Waals surface area contributed by atoms with Crippen LogP contribution in [0.3, 0.4) is 0 Å². The quantitative estimate of drug-likeness (QED) is 0.171. The highest BCUT2D eigenvalue weighted by Gasteiger charge is 2.27. The Morgan fingerprint density at radius 3 is 1.74 bits per heavy atom. The van der Waals surface area contributed by atoms with Crippen molar-refractivity contribution in [2.45, 2.75) is 13.3 Å². The monoisotopic (exact) mass is 732 g/mol. The fourth-order valence-corrected chi connectivity index (χ4v) is 8.63. The molecule has 4 heterocycles. The highest BCUT2D eigenvalue weighted by molar-refractivity contribution is 6.11. The molecule has 0 N–H and O–H groups in total. The lowest BCUT2D eigenvalue weighted by molar-refractivity contribution is 0.708. The number of hydrogen-bond acceptors (Lipinski definition) is 4. The molecule has 6 aromatic carbocycles. The van der Waals surface area contributed by atoms with Gasteiger partial charge in [0.25, 0.3) is 0 Å². The van der Waals surface area contributed by atoms with Crippen LogP contribution in [0.15, 0.2) is 176 Å². The van der Waals surface area contributed by atoms with Gasteiger partial charge in [0.15, 0.2) is 11.6 Å². The number of aromatic nitrogens is 6. The lowest BCUT2D eigenvalue weighted by Crippen LogP contribution is -2.12. The van der Waals surface area contributed by atoms with E-state index in [1.807, 2.05) is 79.0 Å². The van der Waals surface area contributed by atoms with E-state index in [1.54, 1.807) is 0 Å². The summed E-state index contributed by atoms with van der Waals surface area (Å²) in [5, 5.41) is 3.52. The zero-order chi connectivity index (χ0) is 37.9. The largest absolute Gasteiger partial charge is 0.313 e. The minimum atomic E-state index is 0.296. The molecule has 0 aliphatic heterocycles. The van der Waals surface area contributed by atoms with E-state index in [1.165, 1.54) is 39.0 Å². The van der Waals surface area contributed by atoms with E-state index in [0.717, 1.165) is 50.6 Å². The van der Waals surface area contributed by atoms with Crippen LogP contribution in [-0.4, -0.2) is 29.1 Å². The summed E-state index contributed by atoms with van der Waals surface area (Å²) >= 11 is 0. The first-order valence-electron chi connectivity index (χ1n) is 19.4. The van der Waals surface area contributed by atoms with Gasteiger partial charge in [0, 0.05) is 56.0 Å². The van der Waals surface area contributed by atoms with E-state index in [2.05, 4.69) is 119 Å². The Kier molecular flexibility index (Phi) is 7.74. The third kappa shape index (κ3) is 5.56. The van der Waals surface area contributed by atoms with Gasteiger partial charge in [0.1, 0.15) is 0 Å². The van der Waals surface area contributed by atoms with Crippen molar-refractivity contribution in [3.8, 4) is 45.7 Å². The van der Waals surface area contributed by atoms with Gasteiger partial charge in [-0.15, -0.1) is 0 Å². The molecule has 1 unspecified atom stereocenters. The van der Waals surface area contributed by atoms with Crippen molar-refractivity contribution in [3.05, 3.63) is 193 Å². The number of hydrogen-bond donors (Lipinski definition) is 0. The van der Waals surface area contributed by atoms with Crippen molar-refractivity contribution in [3.63, 3.8) is 0 Å². The maximum absolute atomic E-state index is 5.17. The molecule has 1 aliphatic rings. The van der Waals surface area contributed by atoms with Crippen LogP contribution < -0.4 is 0 Å². The van der Waals surface area contributed by atoms with E-state index in [-0.39, 0.29) is 0 Å². The van der Waals surface area contributed by atoms with Gasteiger partial charge in [-0.05, 0) is 84.1 Å². The summed E-state index contributed by atoms with van der Waals surface area (Å²) in [6, 6.07) is 59.4. The Morgan fingerprint density at radius 1 is 0.491 bits per heavy atom. The maximum Gasteiger partial charge on any atom is 0.238 e. The molecule has 0 amide bonds. The summed E-state index contributed by atoms with van der Waals surface area (Å²) in [6.45, 7) is 2.36. The molecule has 4 aromatic heterocycles. The van der Waals surface area contributed by atoms with Gasteiger partial charge in [0.05, 0.1) is 22.2 Å². The van der Waals surface area contributed by atoms with E-state index < -0.39 is 0 Å². The predicted octanol–water partition coefficient (Wildman–Crippen LogP) is 12.0. The molecule has 0 saturated carbocycles. The van der Waals surface area contributed by atoms with E-state index in [4.69, 9.17) is 19.9 Å². The predicted molar refractivity (Wildman–Crippen MR) is 232 cm³/mol. The molecular formula is C51H36N6. The molecule has 6 heteroatoms. The van der Waals surface area contributed by atoms with Gasteiger partial charge in [-0.1, -0.05) is 122 Å². The molecule has 0 radical (unpaired) electrons. The first kappa shape index (κ1) is 32.9. The fraction of sp³-hybridized carbons (Fsp3) is 0.0588. The number of nitrogens with zero attached hydrogens (tertiary/aromatic N) is 6.